The molecule has 1 aliphatic heterocycles. The van der Waals surface area contributed by atoms with E-state index in [1.807, 2.05) is 11.8 Å². The molecule has 130 valence electrons. The zero-order valence-corrected chi connectivity index (χ0v) is 15.0. The maximum Gasteiger partial charge on any atom is 0.223 e. The predicted octanol–water partition coefficient (Wildman–Crippen LogP) is 1.88. The minimum Gasteiger partial charge on any atom is -0.338 e. The quantitative estimate of drug-likeness (QED) is 0.819. The largest absolute Gasteiger partial charge is 0.338 e. The van der Waals surface area contributed by atoms with Gasteiger partial charge in [-0.05, 0) is 39.0 Å². The van der Waals surface area contributed by atoms with Gasteiger partial charge in [0.2, 0.25) is 5.91 Å². The molecule has 2 fully saturated rings. The van der Waals surface area contributed by atoms with Gasteiger partial charge in [-0.2, -0.15) is 0 Å². The first-order chi connectivity index (χ1) is 9.92. The summed E-state index contributed by atoms with van der Waals surface area (Å²) in [5.41, 5.74) is 5.96. The van der Waals surface area contributed by atoms with Crippen molar-refractivity contribution in [3.63, 3.8) is 0 Å². The summed E-state index contributed by atoms with van der Waals surface area (Å²) in [5.74, 6) is -0.0443. The molecule has 1 heterocycles. The third-order valence-electron chi connectivity index (χ3n) is 4.89. The lowest BCUT2D eigenvalue weighted by Crippen LogP contribution is -2.52. The summed E-state index contributed by atoms with van der Waals surface area (Å²) in [6.45, 7) is 2.64. The molecular formula is C15H29ClN2O3S. The number of carbonyl (C=O) groups excluding carboxylic acids is 1. The second-order valence-corrected chi connectivity index (χ2v) is 8.93. The Hall–Kier alpha value is -0.330. The topological polar surface area (TPSA) is 80.5 Å². The highest BCUT2D eigenvalue weighted by atomic mass is 35.5. The van der Waals surface area contributed by atoms with Crippen molar-refractivity contribution in [2.24, 2.45) is 5.73 Å². The summed E-state index contributed by atoms with van der Waals surface area (Å²) in [7, 11) is -3.11. The van der Waals surface area contributed by atoms with Gasteiger partial charge in [0.05, 0.1) is 11.0 Å². The molecule has 1 aliphatic carbocycles. The highest BCUT2D eigenvalue weighted by Gasteiger charge is 2.32. The monoisotopic (exact) mass is 352 g/mol. The van der Waals surface area contributed by atoms with Crippen LogP contribution in [0, 0.1) is 0 Å². The van der Waals surface area contributed by atoms with Crippen molar-refractivity contribution in [2.75, 3.05) is 12.3 Å². The van der Waals surface area contributed by atoms with Gasteiger partial charge in [-0.3, -0.25) is 4.79 Å². The van der Waals surface area contributed by atoms with Gasteiger partial charge in [-0.15, -0.1) is 12.4 Å². The maximum atomic E-state index is 12.4. The summed E-state index contributed by atoms with van der Waals surface area (Å²) in [5, 5.41) is -0.212. The molecule has 2 N–H and O–H groups in total. The Labute approximate surface area is 140 Å². The second-order valence-electron chi connectivity index (χ2n) is 6.53. The summed E-state index contributed by atoms with van der Waals surface area (Å²) in [6.07, 6.45) is 6.65. The van der Waals surface area contributed by atoms with Crippen LogP contribution in [0.3, 0.4) is 0 Å². The number of sulfone groups is 1. The average Bonchev–Trinajstić information content (AvgIpc) is 3.00. The number of hydrogen-bond donors (Lipinski definition) is 1. The Balaban J connectivity index is 0.00000242. The molecule has 5 nitrogen and oxygen atoms in total. The Morgan fingerprint density at radius 2 is 1.77 bits per heavy atom. The van der Waals surface area contributed by atoms with Crippen LogP contribution in [0.4, 0.5) is 0 Å². The Morgan fingerprint density at radius 3 is 2.36 bits per heavy atom. The zero-order valence-electron chi connectivity index (χ0n) is 13.4. The fourth-order valence-corrected chi connectivity index (χ4v) is 5.45. The highest BCUT2D eigenvalue weighted by Crippen LogP contribution is 2.26. The van der Waals surface area contributed by atoms with Crippen LogP contribution in [-0.4, -0.2) is 48.9 Å². The van der Waals surface area contributed by atoms with Gasteiger partial charge in [0, 0.05) is 25.0 Å². The Bertz CT molecular complexity index is 461. The lowest BCUT2D eigenvalue weighted by molar-refractivity contribution is -0.134. The first-order valence-electron chi connectivity index (χ1n) is 8.18. The van der Waals surface area contributed by atoms with E-state index >= 15 is 0 Å². The van der Waals surface area contributed by atoms with E-state index in [-0.39, 0.29) is 47.8 Å². The first kappa shape index (κ1) is 19.7. The summed E-state index contributed by atoms with van der Waals surface area (Å²) in [4.78, 5) is 14.2. The fraction of sp³-hybridized carbons (Fsp3) is 0.933. The summed E-state index contributed by atoms with van der Waals surface area (Å²) in [6, 6.07) is 0.0149. The van der Waals surface area contributed by atoms with Gasteiger partial charge in [0.1, 0.15) is 0 Å². The van der Waals surface area contributed by atoms with Crippen LogP contribution in [-0.2, 0) is 14.6 Å². The lowest BCUT2D eigenvalue weighted by atomic mass is 9.96. The van der Waals surface area contributed by atoms with Crippen molar-refractivity contribution in [1.29, 1.82) is 0 Å². The number of nitrogens with two attached hydrogens (primary N) is 1. The molecule has 0 spiro atoms. The van der Waals surface area contributed by atoms with Crippen LogP contribution in [0.15, 0.2) is 0 Å². The molecular weight excluding hydrogens is 324 g/mol. The van der Waals surface area contributed by atoms with Gasteiger partial charge in [-0.1, -0.05) is 12.8 Å². The van der Waals surface area contributed by atoms with Gasteiger partial charge in [0.25, 0.3) is 0 Å². The van der Waals surface area contributed by atoms with Crippen molar-refractivity contribution in [2.45, 2.75) is 75.6 Å². The fourth-order valence-electron chi connectivity index (χ4n) is 3.60. The van der Waals surface area contributed by atoms with Crippen LogP contribution in [0.1, 0.15) is 58.3 Å². The minimum atomic E-state index is -3.11. The van der Waals surface area contributed by atoms with E-state index in [9.17, 15) is 13.2 Å². The molecule has 1 saturated carbocycles. The van der Waals surface area contributed by atoms with Crippen LogP contribution >= 0.6 is 12.4 Å². The van der Waals surface area contributed by atoms with Crippen molar-refractivity contribution in [3.05, 3.63) is 0 Å². The van der Waals surface area contributed by atoms with Crippen LogP contribution in [0.2, 0.25) is 0 Å². The molecule has 2 aliphatic rings. The zero-order chi connectivity index (χ0) is 15.5. The van der Waals surface area contributed by atoms with E-state index in [4.69, 9.17) is 5.73 Å². The smallest absolute Gasteiger partial charge is 0.223 e. The van der Waals surface area contributed by atoms with Gasteiger partial charge >= 0.3 is 0 Å². The van der Waals surface area contributed by atoms with Crippen molar-refractivity contribution < 1.29 is 13.2 Å². The molecule has 0 bridgehead atoms. The van der Waals surface area contributed by atoms with E-state index in [1.165, 1.54) is 0 Å². The number of likely N-dealkylation sites (tertiary alicyclic amines) is 1. The SMILES string of the molecule is CC(N)C1CCCCN1C(=O)CCS(=O)(=O)C1CCCC1.Cl. The maximum absolute atomic E-state index is 12.4. The first-order valence-corrected chi connectivity index (χ1v) is 9.90. The van der Waals surface area contributed by atoms with E-state index in [1.54, 1.807) is 0 Å². The number of nitrogens with zero attached hydrogens (tertiary/aromatic N) is 1. The third kappa shape index (κ3) is 4.83. The van der Waals surface area contributed by atoms with Gasteiger partial charge < -0.3 is 10.6 Å². The standard InChI is InChI=1S/C15H28N2O3S.ClH/c1-12(16)14-8-4-5-10-17(14)15(18)9-11-21(19,20)13-6-2-3-7-13;/h12-14H,2-11,16H2,1H3;1H. The van der Waals surface area contributed by atoms with Crippen molar-refractivity contribution in [1.82, 2.24) is 4.90 Å². The highest BCUT2D eigenvalue weighted by molar-refractivity contribution is 7.92. The molecule has 0 radical (unpaired) electrons. The molecule has 22 heavy (non-hydrogen) atoms. The molecule has 0 aromatic carbocycles. The minimum absolute atomic E-state index is 0. The number of rotatable bonds is 5. The van der Waals surface area contributed by atoms with E-state index in [2.05, 4.69) is 0 Å². The molecule has 0 aromatic heterocycles. The Kier molecular flexibility index (Phi) is 7.62. The summed E-state index contributed by atoms with van der Waals surface area (Å²) >= 11 is 0. The average molecular weight is 353 g/mol. The lowest BCUT2D eigenvalue weighted by Gasteiger charge is -2.38. The van der Waals surface area contributed by atoms with Crippen LogP contribution in [0.25, 0.3) is 0 Å². The van der Waals surface area contributed by atoms with E-state index in [0.29, 0.717) is 6.54 Å². The Morgan fingerprint density at radius 1 is 1.18 bits per heavy atom. The number of hydrogen-bond acceptors (Lipinski definition) is 4. The molecule has 1 amide bonds. The molecule has 2 unspecified atom stereocenters. The predicted molar refractivity (Wildman–Crippen MR) is 90.9 cm³/mol. The number of carbonyl (C=O) groups is 1. The van der Waals surface area contributed by atoms with Crippen LogP contribution < -0.4 is 5.73 Å². The summed E-state index contributed by atoms with van der Waals surface area (Å²) < 4.78 is 24.5. The third-order valence-corrected chi connectivity index (χ3v) is 7.15. The molecule has 2 rings (SSSR count). The normalized spacial score (nSPS) is 24.8. The van der Waals surface area contributed by atoms with Gasteiger partial charge in [0.15, 0.2) is 9.84 Å². The van der Waals surface area contributed by atoms with Gasteiger partial charge in [-0.25, -0.2) is 8.42 Å². The van der Waals surface area contributed by atoms with E-state index in [0.717, 1.165) is 44.9 Å². The molecule has 7 heteroatoms. The van der Waals surface area contributed by atoms with Crippen LogP contribution in [0.5, 0.6) is 0 Å². The number of piperidine rings is 1. The van der Waals surface area contributed by atoms with E-state index < -0.39 is 9.84 Å². The second kappa shape index (κ2) is 8.50. The molecule has 2 atom stereocenters. The van der Waals surface area contributed by atoms with Crippen molar-refractivity contribution >= 4 is 28.2 Å². The number of amides is 1. The number of halogens is 1. The molecule has 1 saturated heterocycles. The molecule has 0 aromatic rings. The van der Waals surface area contributed by atoms with Crippen molar-refractivity contribution in [3.8, 4) is 0 Å².